The Labute approximate surface area is 169 Å². The van der Waals surface area contributed by atoms with E-state index in [1.165, 1.54) is 38.5 Å². The first-order chi connectivity index (χ1) is 13.8. The van der Waals surface area contributed by atoms with Crippen LogP contribution in [-0.4, -0.2) is 40.6 Å². The number of benzene rings is 2. The number of nitrogens with one attached hydrogen (secondary N) is 2. The van der Waals surface area contributed by atoms with Crippen LogP contribution < -0.4 is 14.8 Å². The lowest BCUT2D eigenvalue weighted by Gasteiger charge is -2.10. The fourth-order valence-electron chi connectivity index (χ4n) is 2.69. The van der Waals surface area contributed by atoms with E-state index >= 15 is 0 Å². The van der Waals surface area contributed by atoms with Gasteiger partial charge in [0.1, 0.15) is 11.3 Å². The summed E-state index contributed by atoms with van der Waals surface area (Å²) in [5.41, 5.74) is 1.28. The van der Waals surface area contributed by atoms with Gasteiger partial charge >= 0.3 is 5.97 Å². The fraction of sp³-hybridized carbons (Fsp3) is 0.300. The van der Waals surface area contributed by atoms with Crippen LogP contribution in [0.3, 0.4) is 0 Å². The first-order valence-electron chi connectivity index (χ1n) is 9.00. The summed E-state index contributed by atoms with van der Waals surface area (Å²) in [6.45, 7) is 0.177. The molecule has 8 nitrogen and oxygen atoms in total. The molecule has 3 rings (SSSR count). The molecule has 2 N–H and O–H groups in total. The maximum Gasteiger partial charge on any atom is 0.341 e. The number of sulfonamides is 1. The Bertz CT molecular complexity index is 1010. The van der Waals surface area contributed by atoms with E-state index in [1.807, 2.05) is 0 Å². The van der Waals surface area contributed by atoms with Crippen molar-refractivity contribution < 1.29 is 27.5 Å². The third-order valence-corrected chi connectivity index (χ3v) is 5.98. The molecule has 2 aromatic rings. The number of hydrogen-bond donors (Lipinski definition) is 2. The maximum absolute atomic E-state index is 12.4. The van der Waals surface area contributed by atoms with Gasteiger partial charge in [-0.2, -0.15) is 0 Å². The summed E-state index contributed by atoms with van der Waals surface area (Å²) in [6.07, 6.45) is 1.70. The van der Waals surface area contributed by atoms with Gasteiger partial charge in [0, 0.05) is 18.2 Å². The number of methoxy groups -OCH3 is 2. The Morgan fingerprint density at radius 2 is 1.76 bits per heavy atom. The Balaban J connectivity index is 1.65. The molecule has 1 aliphatic carbocycles. The van der Waals surface area contributed by atoms with Crippen molar-refractivity contribution in [1.82, 2.24) is 10.0 Å². The molecular formula is C20H22N2O6S. The smallest absolute Gasteiger partial charge is 0.341 e. The zero-order chi connectivity index (χ0) is 21.0. The molecule has 0 unspecified atom stereocenters. The van der Waals surface area contributed by atoms with E-state index in [0.717, 1.165) is 12.8 Å². The molecule has 1 saturated carbocycles. The topological polar surface area (TPSA) is 111 Å². The maximum atomic E-state index is 12.4. The van der Waals surface area contributed by atoms with Crippen molar-refractivity contribution in [3.05, 3.63) is 59.2 Å². The highest BCUT2D eigenvalue weighted by Crippen LogP contribution is 2.23. The van der Waals surface area contributed by atoms with Gasteiger partial charge in [0.15, 0.2) is 0 Å². The summed E-state index contributed by atoms with van der Waals surface area (Å²) in [5, 5.41) is 2.74. The molecule has 0 aromatic heterocycles. The van der Waals surface area contributed by atoms with Crippen molar-refractivity contribution in [3.63, 3.8) is 0 Å². The van der Waals surface area contributed by atoms with E-state index in [1.54, 1.807) is 18.2 Å². The number of carbonyl (C=O) groups is 2. The normalized spacial score (nSPS) is 13.6. The highest BCUT2D eigenvalue weighted by atomic mass is 32.2. The highest BCUT2D eigenvalue weighted by Gasteiger charge is 2.28. The predicted molar refractivity (Wildman–Crippen MR) is 105 cm³/mol. The number of carbonyl (C=O) groups excluding carboxylic acids is 2. The van der Waals surface area contributed by atoms with Crippen LogP contribution in [0.2, 0.25) is 0 Å². The lowest BCUT2D eigenvalue weighted by atomic mass is 10.1. The Kier molecular flexibility index (Phi) is 6.19. The SMILES string of the molecule is COC(=O)c1cc(CNC(=O)c2ccc(S(=O)(=O)NC3CC3)cc2)ccc1OC. The third kappa shape index (κ3) is 5.12. The van der Waals surface area contributed by atoms with E-state index in [2.05, 4.69) is 10.0 Å². The second kappa shape index (κ2) is 8.62. The van der Waals surface area contributed by atoms with Crippen molar-refractivity contribution in [2.45, 2.75) is 30.3 Å². The van der Waals surface area contributed by atoms with Gasteiger partial charge in [0.05, 0.1) is 19.1 Å². The second-order valence-corrected chi connectivity index (χ2v) is 8.34. The summed E-state index contributed by atoms with van der Waals surface area (Å²) in [6, 6.07) is 10.7. The Morgan fingerprint density at radius 1 is 1.07 bits per heavy atom. The molecular weight excluding hydrogens is 396 g/mol. The molecule has 1 fully saturated rings. The van der Waals surface area contributed by atoms with Gasteiger partial charge in [-0.25, -0.2) is 17.9 Å². The van der Waals surface area contributed by atoms with Crippen LogP contribution >= 0.6 is 0 Å². The number of hydrogen-bond acceptors (Lipinski definition) is 6. The Hall–Kier alpha value is -2.91. The fourth-order valence-corrected chi connectivity index (χ4v) is 4.00. The van der Waals surface area contributed by atoms with E-state index in [9.17, 15) is 18.0 Å². The minimum atomic E-state index is -3.55. The van der Waals surface area contributed by atoms with Crippen LogP contribution in [0.1, 0.15) is 39.1 Å². The van der Waals surface area contributed by atoms with Crippen LogP contribution in [0, 0.1) is 0 Å². The van der Waals surface area contributed by atoms with Gasteiger partial charge in [0.2, 0.25) is 10.0 Å². The van der Waals surface area contributed by atoms with Gasteiger partial charge in [-0.05, 0) is 54.8 Å². The standard InChI is InChI=1S/C20H22N2O6S/c1-27-18-10-3-13(11-17(18)20(24)28-2)12-21-19(23)14-4-8-16(9-5-14)29(25,26)22-15-6-7-15/h3-5,8-11,15,22H,6-7,12H2,1-2H3,(H,21,23). The molecule has 0 aliphatic heterocycles. The molecule has 0 radical (unpaired) electrons. The minimum Gasteiger partial charge on any atom is -0.496 e. The molecule has 29 heavy (non-hydrogen) atoms. The lowest BCUT2D eigenvalue weighted by molar-refractivity contribution is 0.0597. The van der Waals surface area contributed by atoms with Crippen LogP contribution in [0.15, 0.2) is 47.4 Å². The van der Waals surface area contributed by atoms with Gasteiger partial charge < -0.3 is 14.8 Å². The Morgan fingerprint density at radius 3 is 2.34 bits per heavy atom. The monoisotopic (exact) mass is 418 g/mol. The summed E-state index contributed by atoms with van der Waals surface area (Å²) in [7, 11) is -0.825. The minimum absolute atomic E-state index is 0.0161. The highest BCUT2D eigenvalue weighted by molar-refractivity contribution is 7.89. The van der Waals surface area contributed by atoms with Gasteiger partial charge in [0.25, 0.3) is 5.91 Å². The average Bonchev–Trinajstić information content (AvgIpc) is 3.54. The summed E-state index contributed by atoms with van der Waals surface area (Å²) in [4.78, 5) is 24.3. The van der Waals surface area contributed by atoms with Crippen LogP contribution in [0.4, 0.5) is 0 Å². The summed E-state index contributed by atoms with van der Waals surface area (Å²) in [5.74, 6) is -0.519. The number of amides is 1. The van der Waals surface area contributed by atoms with Crippen molar-refractivity contribution in [3.8, 4) is 5.75 Å². The molecule has 2 aromatic carbocycles. The van der Waals surface area contributed by atoms with Gasteiger partial charge in [-0.3, -0.25) is 4.79 Å². The summed E-state index contributed by atoms with van der Waals surface area (Å²) >= 11 is 0. The molecule has 9 heteroatoms. The molecule has 154 valence electrons. The molecule has 0 heterocycles. The molecule has 0 atom stereocenters. The lowest BCUT2D eigenvalue weighted by Crippen LogP contribution is -2.26. The molecule has 0 spiro atoms. The van der Waals surface area contributed by atoms with E-state index in [0.29, 0.717) is 16.9 Å². The van der Waals surface area contributed by atoms with Crippen LogP contribution in [0.25, 0.3) is 0 Å². The van der Waals surface area contributed by atoms with Crippen molar-refractivity contribution in [2.24, 2.45) is 0 Å². The van der Waals surface area contributed by atoms with Gasteiger partial charge in [-0.1, -0.05) is 6.07 Å². The molecule has 0 bridgehead atoms. The summed E-state index contributed by atoms with van der Waals surface area (Å²) < 4.78 is 36.8. The quantitative estimate of drug-likeness (QED) is 0.633. The first kappa shape index (κ1) is 20.8. The van der Waals surface area contributed by atoms with Gasteiger partial charge in [-0.15, -0.1) is 0 Å². The van der Waals surface area contributed by atoms with Crippen molar-refractivity contribution in [1.29, 1.82) is 0 Å². The van der Waals surface area contributed by atoms with Crippen molar-refractivity contribution >= 4 is 21.9 Å². The zero-order valence-electron chi connectivity index (χ0n) is 16.1. The number of esters is 1. The van der Waals surface area contributed by atoms with Crippen LogP contribution in [0.5, 0.6) is 5.75 Å². The average molecular weight is 418 g/mol. The number of ether oxygens (including phenoxy) is 2. The molecule has 1 amide bonds. The van der Waals surface area contributed by atoms with E-state index in [-0.39, 0.29) is 29.0 Å². The first-order valence-corrected chi connectivity index (χ1v) is 10.5. The zero-order valence-corrected chi connectivity index (χ0v) is 16.9. The number of rotatable bonds is 8. The largest absolute Gasteiger partial charge is 0.496 e. The van der Waals surface area contributed by atoms with Crippen molar-refractivity contribution in [2.75, 3.05) is 14.2 Å². The third-order valence-electron chi connectivity index (χ3n) is 4.45. The van der Waals surface area contributed by atoms with E-state index in [4.69, 9.17) is 9.47 Å². The molecule has 0 saturated heterocycles. The van der Waals surface area contributed by atoms with Crippen LogP contribution in [-0.2, 0) is 21.3 Å². The second-order valence-electron chi connectivity index (χ2n) is 6.63. The van der Waals surface area contributed by atoms with E-state index < -0.39 is 16.0 Å². The predicted octanol–water partition coefficient (Wildman–Crippen LogP) is 1.85. The molecule has 1 aliphatic rings.